The van der Waals surface area contributed by atoms with Crippen molar-refractivity contribution in [2.45, 2.75) is 46.2 Å². The lowest BCUT2D eigenvalue weighted by Crippen LogP contribution is -2.42. The lowest BCUT2D eigenvalue weighted by atomic mass is 9.82. The maximum absolute atomic E-state index is 6.39. The molecule has 2 rings (SSSR count). The van der Waals surface area contributed by atoms with Gasteiger partial charge in [0.15, 0.2) is 0 Å². The number of hydrogen-bond donors (Lipinski definition) is 1. The largest absolute Gasteiger partial charge is 0.326 e. The Labute approximate surface area is 134 Å². The molecule has 0 fully saturated rings. The maximum Gasteiger partial charge on any atom is 0.0514 e. The van der Waals surface area contributed by atoms with Gasteiger partial charge < -0.3 is 5.73 Å². The molecule has 1 aromatic rings. The molecule has 0 radical (unpaired) electrons. The van der Waals surface area contributed by atoms with E-state index >= 15 is 0 Å². The molecule has 2 atom stereocenters. The van der Waals surface area contributed by atoms with Crippen LogP contribution in [0.15, 0.2) is 35.9 Å². The second kappa shape index (κ2) is 6.51. The summed E-state index contributed by atoms with van der Waals surface area (Å²) in [5, 5.41) is 0.811. The second-order valence-corrected chi connectivity index (χ2v) is 7.46. The molecule has 0 bridgehead atoms. The zero-order valence-corrected chi connectivity index (χ0v) is 14.3. The summed E-state index contributed by atoms with van der Waals surface area (Å²) in [7, 11) is 0. The van der Waals surface area contributed by atoms with E-state index in [-0.39, 0.29) is 17.5 Å². The molecule has 0 saturated carbocycles. The standard InChI is InChI=1S/C18H27ClN2/c1-13(20)17(15-7-5-6-8-16(15)19)21-11-9-14(10-12-21)18(2,3)4/h5-9,13,17H,10-12,20H2,1-4H3. The highest BCUT2D eigenvalue weighted by molar-refractivity contribution is 6.31. The summed E-state index contributed by atoms with van der Waals surface area (Å²) >= 11 is 6.39. The first-order valence-corrected chi connectivity index (χ1v) is 8.12. The van der Waals surface area contributed by atoms with Crippen LogP contribution in [0.5, 0.6) is 0 Å². The Kier molecular flexibility index (Phi) is 5.13. The van der Waals surface area contributed by atoms with Crippen LogP contribution in [0.2, 0.25) is 5.02 Å². The van der Waals surface area contributed by atoms with Crippen LogP contribution in [0.4, 0.5) is 0 Å². The van der Waals surface area contributed by atoms with E-state index in [1.807, 2.05) is 18.2 Å². The molecule has 1 aliphatic heterocycles. The smallest absolute Gasteiger partial charge is 0.0514 e. The summed E-state index contributed by atoms with van der Waals surface area (Å²) in [4.78, 5) is 2.45. The van der Waals surface area contributed by atoms with Crippen molar-refractivity contribution >= 4 is 11.6 Å². The minimum absolute atomic E-state index is 0.0505. The molecule has 2 unspecified atom stereocenters. The summed E-state index contributed by atoms with van der Waals surface area (Å²) < 4.78 is 0. The first-order chi connectivity index (χ1) is 9.80. The lowest BCUT2D eigenvalue weighted by molar-refractivity contribution is 0.184. The molecule has 1 aliphatic rings. The fraction of sp³-hybridized carbons (Fsp3) is 0.556. The van der Waals surface area contributed by atoms with Gasteiger partial charge in [0.05, 0.1) is 6.04 Å². The van der Waals surface area contributed by atoms with Crippen molar-refractivity contribution in [3.8, 4) is 0 Å². The third-order valence-electron chi connectivity index (χ3n) is 4.32. The molecule has 0 aliphatic carbocycles. The Morgan fingerprint density at radius 1 is 1.24 bits per heavy atom. The topological polar surface area (TPSA) is 29.3 Å². The average molecular weight is 307 g/mol. The Morgan fingerprint density at radius 2 is 1.90 bits per heavy atom. The average Bonchev–Trinajstić information content (AvgIpc) is 2.40. The maximum atomic E-state index is 6.39. The molecule has 116 valence electrons. The van der Waals surface area contributed by atoms with Gasteiger partial charge in [-0.2, -0.15) is 0 Å². The van der Waals surface area contributed by atoms with Gasteiger partial charge >= 0.3 is 0 Å². The SMILES string of the molecule is CC(N)C(c1ccccc1Cl)N1CC=C(C(C)(C)C)CC1. The number of nitrogens with zero attached hydrogens (tertiary/aromatic N) is 1. The van der Waals surface area contributed by atoms with E-state index < -0.39 is 0 Å². The van der Waals surface area contributed by atoms with Crippen LogP contribution in [0.25, 0.3) is 0 Å². The number of nitrogens with two attached hydrogens (primary N) is 1. The summed E-state index contributed by atoms with van der Waals surface area (Å²) in [5.74, 6) is 0. The number of hydrogen-bond acceptors (Lipinski definition) is 2. The predicted molar refractivity (Wildman–Crippen MR) is 91.6 cm³/mol. The van der Waals surface area contributed by atoms with E-state index in [1.165, 1.54) is 0 Å². The molecule has 1 aromatic carbocycles. The van der Waals surface area contributed by atoms with E-state index in [4.69, 9.17) is 17.3 Å². The monoisotopic (exact) mass is 306 g/mol. The van der Waals surface area contributed by atoms with E-state index in [0.717, 1.165) is 30.1 Å². The van der Waals surface area contributed by atoms with Gasteiger partial charge in [-0.1, -0.05) is 62.2 Å². The molecule has 0 amide bonds. The Bertz CT molecular complexity index is 514. The molecular formula is C18H27ClN2. The highest BCUT2D eigenvalue weighted by atomic mass is 35.5. The van der Waals surface area contributed by atoms with Crippen molar-refractivity contribution in [3.05, 3.63) is 46.5 Å². The quantitative estimate of drug-likeness (QED) is 0.838. The summed E-state index contributed by atoms with van der Waals surface area (Å²) in [5.41, 5.74) is 9.22. The Morgan fingerprint density at radius 3 is 2.38 bits per heavy atom. The molecule has 3 heteroatoms. The fourth-order valence-electron chi connectivity index (χ4n) is 3.15. The van der Waals surface area contributed by atoms with Crippen LogP contribution in [-0.2, 0) is 0 Å². The normalized spacial score (nSPS) is 20.0. The zero-order chi connectivity index (χ0) is 15.6. The van der Waals surface area contributed by atoms with Crippen LogP contribution in [-0.4, -0.2) is 24.0 Å². The second-order valence-electron chi connectivity index (χ2n) is 7.05. The van der Waals surface area contributed by atoms with Crippen molar-refractivity contribution < 1.29 is 0 Å². The molecule has 0 saturated heterocycles. The van der Waals surface area contributed by atoms with Crippen LogP contribution in [0, 0.1) is 5.41 Å². The molecule has 21 heavy (non-hydrogen) atoms. The van der Waals surface area contributed by atoms with Gasteiger partial charge in [0.1, 0.15) is 0 Å². The van der Waals surface area contributed by atoms with E-state index in [0.29, 0.717) is 0 Å². The van der Waals surface area contributed by atoms with Crippen LogP contribution in [0.3, 0.4) is 0 Å². The Hall–Kier alpha value is -0.830. The number of halogens is 1. The predicted octanol–water partition coefficient (Wildman–Crippen LogP) is 4.41. The van der Waals surface area contributed by atoms with Gasteiger partial charge in [-0.3, -0.25) is 4.90 Å². The van der Waals surface area contributed by atoms with Gasteiger partial charge in [0.2, 0.25) is 0 Å². The van der Waals surface area contributed by atoms with Gasteiger partial charge in [0.25, 0.3) is 0 Å². The minimum Gasteiger partial charge on any atom is -0.326 e. The van der Waals surface area contributed by atoms with Gasteiger partial charge in [0, 0.05) is 24.2 Å². The first-order valence-electron chi connectivity index (χ1n) is 7.74. The fourth-order valence-corrected chi connectivity index (χ4v) is 3.39. The molecule has 1 heterocycles. The lowest BCUT2D eigenvalue weighted by Gasteiger charge is -2.39. The third kappa shape index (κ3) is 3.88. The van der Waals surface area contributed by atoms with Crippen molar-refractivity contribution in [3.63, 3.8) is 0 Å². The molecule has 2 nitrogen and oxygen atoms in total. The molecular weight excluding hydrogens is 280 g/mol. The van der Waals surface area contributed by atoms with Crippen molar-refractivity contribution in [1.82, 2.24) is 4.90 Å². The number of rotatable bonds is 3. The molecule has 0 spiro atoms. The summed E-state index contributed by atoms with van der Waals surface area (Å²) in [6, 6.07) is 8.28. The minimum atomic E-state index is 0.0505. The van der Waals surface area contributed by atoms with Crippen LogP contribution < -0.4 is 5.73 Å². The first kappa shape index (κ1) is 16.5. The van der Waals surface area contributed by atoms with E-state index in [1.54, 1.807) is 5.57 Å². The highest BCUT2D eigenvalue weighted by Crippen LogP contribution is 2.35. The molecule has 0 aromatic heterocycles. The highest BCUT2D eigenvalue weighted by Gasteiger charge is 2.29. The van der Waals surface area contributed by atoms with Gasteiger partial charge in [-0.05, 0) is 30.4 Å². The summed E-state index contributed by atoms with van der Waals surface area (Å²) in [6.07, 6.45) is 3.48. The Balaban J connectivity index is 2.23. The van der Waals surface area contributed by atoms with E-state index in [9.17, 15) is 0 Å². The van der Waals surface area contributed by atoms with Crippen molar-refractivity contribution in [1.29, 1.82) is 0 Å². The number of benzene rings is 1. The van der Waals surface area contributed by atoms with Gasteiger partial charge in [-0.15, -0.1) is 0 Å². The zero-order valence-electron chi connectivity index (χ0n) is 13.6. The molecule has 2 N–H and O–H groups in total. The van der Waals surface area contributed by atoms with Crippen molar-refractivity contribution in [2.24, 2.45) is 11.1 Å². The third-order valence-corrected chi connectivity index (χ3v) is 4.66. The van der Waals surface area contributed by atoms with Crippen molar-refractivity contribution in [2.75, 3.05) is 13.1 Å². The van der Waals surface area contributed by atoms with Gasteiger partial charge in [-0.25, -0.2) is 0 Å². The summed E-state index contributed by atoms with van der Waals surface area (Å²) in [6.45, 7) is 10.9. The van der Waals surface area contributed by atoms with E-state index in [2.05, 4.69) is 44.7 Å². The van der Waals surface area contributed by atoms with Crippen LogP contribution >= 0.6 is 11.6 Å². The van der Waals surface area contributed by atoms with Crippen LogP contribution in [0.1, 0.15) is 45.7 Å².